The lowest BCUT2D eigenvalue weighted by molar-refractivity contribution is 0.687. The SMILES string of the molecule is Cc1ccc(CNCc2ccccc2)c(C)n1. The highest BCUT2D eigenvalue weighted by Gasteiger charge is 1.99. The molecule has 17 heavy (non-hydrogen) atoms. The van der Waals surface area contributed by atoms with E-state index in [0.29, 0.717) is 0 Å². The van der Waals surface area contributed by atoms with Crippen LogP contribution in [-0.4, -0.2) is 4.98 Å². The molecule has 0 bridgehead atoms. The van der Waals surface area contributed by atoms with E-state index in [4.69, 9.17) is 0 Å². The number of hydrogen-bond donors (Lipinski definition) is 1. The van der Waals surface area contributed by atoms with Crippen LogP contribution in [0.2, 0.25) is 0 Å². The molecule has 0 amide bonds. The van der Waals surface area contributed by atoms with Crippen LogP contribution in [0.4, 0.5) is 0 Å². The zero-order chi connectivity index (χ0) is 12.1. The molecule has 0 unspecified atom stereocenters. The van der Waals surface area contributed by atoms with Gasteiger partial charge < -0.3 is 5.32 Å². The largest absolute Gasteiger partial charge is 0.309 e. The number of aromatic nitrogens is 1. The van der Waals surface area contributed by atoms with Gasteiger partial charge in [0.1, 0.15) is 0 Å². The summed E-state index contributed by atoms with van der Waals surface area (Å²) in [7, 11) is 0. The summed E-state index contributed by atoms with van der Waals surface area (Å²) in [6.45, 7) is 5.85. The Morgan fingerprint density at radius 2 is 1.71 bits per heavy atom. The summed E-state index contributed by atoms with van der Waals surface area (Å²) in [5.41, 5.74) is 4.77. The van der Waals surface area contributed by atoms with Crippen LogP contribution in [0.3, 0.4) is 0 Å². The van der Waals surface area contributed by atoms with E-state index in [-0.39, 0.29) is 0 Å². The smallest absolute Gasteiger partial charge is 0.0420 e. The predicted octanol–water partition coefficient (Wildman–Crippen LogP) is 2.99. The minimum atomic E-state index is 0.869. The van der Waals surface area contributed by atoms with Gasteiger partial charge in [-0.15, -0.1) is 0 Å². The van der Waals surface area contributed by atoms with Crippen LogP contribution in [0.15, 0.2) is 42.5 Å². The fraction of sp³-hybridized carbons (Fsp3) is 0.267. The molecule has 2 nitrogen and oxygen atoms in total. The second kappa shape index (κ2) is 5.60. The maximum Gasteiger partial charge on any atom is 0.0420 e. The summed E-state index contributed by atoms with van der Waals surface area (Å²) in [5.74, 6) is 0. The Morgan fingerprint density at radius 1 is 0.941 bits per heavy atom. The molecule has 0 aliphatic rings. The first-order valence-corrected chi connectivity index (χ1v) is 5.93. The second-order valence-electron chi connectivity index (χ2n) is 4.29. The third-order valence-corrected chi connectivity index (χ3v) is 2.82. The van der Waals surface area contributed by atoms with E-state index < -0.39 is 0 Å². The van der Waals surface area contributed by atoms with Gasteiger partial charge in [-0.05, 0) is 31.0 Å². The molecule has 1 aromatic heterocycles. The van der Waals surface area contributed by atoms with E-state index in [1.165, 1.54) is 11.1 Å². The quantitative estimate of drug-likeness (QED) is 0.867. The molecular formula is C15H18N2. The van der Waals surface area contributed by atoms with Crippen LogP contribution in [0.1, 0.15) is 22.5 Å². The van der Waals surface area contributed by atoms with Crippen LogP contribution >= 0.6 is 0 Å². The molecule has 0 aliphatic carbocycles. The highest BCUT2D eigenvalue weighted by molar-refractivity contribution is 5.21. The summed E-state index contributed by atoms with van der Waals surface area (Å²) in [6, 6.07) is 14.6. The van der Waals surface area contributed by atoms with Crippen molar-refractivity contribution in [3.63, 3.8) is 0 Å². The number of nitrogens with one attached hydrogen (secondary N) is 1. The fourth-order valence-electron chi connectivity index (χ4n) is 1.84. The molecule has 1 aromatic carbocycles. The highest BCUT2D eigenvalue weighted by atomic mass is 14.9. The third-order valence-electron chi connectivity index (χ3n) is 2.82. The Morgan fingerprint density at radius 3 is 2.41 bits per heavy atom. The fourth-order valence-corrected chi connectivity index (χ4v) is 1.84. The van der Waals surface area contributed by atoms with E-state index in [1.54, 1.807) is 0 Å². The number of pyridine rings is 1. The molecule has 1 heterocycles. The highest BCUT2D eigenvalue weighted by Crippen LogP contribution is 2.06. The van der Waals surface area contributed by atoms with Crippen molar-refractivity contribution >= 4 is 0 Å². The van der Waals surface area contributed by atoms with Crippen LogP contribution < -0.4 is 5.32 Å². The maximum atomic E-state index is 4.46. The van der Waals surface area contributed by atoms with Gasteiger partial charge in [0.05, 0.1) is 0 Å². The van der Waals surface area contributed by atoms with Crippen molar-refractivity contribution in [2.75, 3.05) is 0 Å². The first-order chi connectivity index (χ1) is 8.25. The van der Waals surface area contributed by atoms with Gasteiger partial charge in [0.25, 0.3) is 0 Å². The maximum absolute atomic E-state index is 4.46. The van der Waals surface area contributed by atoms with Crippen molar-refractivity contribution < 1.29 is 0 Å². The van der Waals surface area contributed by atoms with Gasteiger partial charge in [-0.25, -0.2) is 0 Å². The average molecular weight is 226 g/mol. The van der Waals surface area contributed by atoms with Crippen LogP contribution in [-0.2, 0) is 13.1 Å². The molecular weight excluding hydrogens is 208 g/mol. The summed E-state index contributed by atoms with van der Waals surface area (Å²) in [4.78, 5) is 4.46. The lowest BCUT2D eigenvalue weighted by Gasteiger charge is -2.08. The first kappa shape index (κ1) is 11.8. The zero-order valence-electron chi connectivity index (χ0n) is 10.4. The zero-order valence-corrected chi connectivity index (χ0v) is 10.4. The molecule has 0 spiro atoms. The predicted molar refractivity (Wildman–Crippen MR) is 70.7 cm³/mol. The van der Waals surface area contributed by atoms with Crippen molar-refractivity contribution in [1.82, 2.24) is 10.3 Å². The molecule has 0 saturated heterocycles. The van der Waals surface area contributed by atoms with Crippen molar-refractivity contribution in [2.24, 2.45) is 0 Å². The molecule has 0 fully saturated rings. The van der Waals surface area contributed by atoms with Crippen molar-refractivity contribution in [3.8, 4) is 0 Å². The molecule has 2 rings (SSSR count). The number of nitrogens with zero attached hydrogens (tertiary/aromatic N) is 1. The number of benzene rings is 1. The van der Waals surface area contributed by atoms with Gasteiger partial charge in [-0.2, -0.15) is 0 Å². The lowest BCUT2D eigenvalue weighted by Crippen LogP contribution is -2.14. The van der Waals surface area contributed by atoms with Gasteiger partial charge in [0.2, 0.25) is 0 Å². The van der Waals surface area contributed by atoms with Crippen molar-refractivity contribution in [1.29, 1.82) is 0 Å². The standard InChI is InChI=1S/C15H18N2/c1-12-8-9-15(13(2)17-12)11-16-10-14-6-4-3-5-7-14/h3-9,16H,10-11H2,1-2H3. The Kier molecular flexibility index (Phi) is 3.89. The van der Waals surface area contributed by atoms with E-state index in [9.17, 15) is 0 Å². The summed E-state index contributed by atoms with van der Waals surface area (Å²) < 4.78 is 0. The topological polar surface area (TPSA) is 24.9 Å². The van der Waals surface area contributed by atoms with Crippen LogP contribution in [0.25, 0.3) is 0 Å². The van der Waals surface area contributed by atoms with E-state index in [2.05, 4.69) is 53.6 Å². The van der Waals surface area contributed by atoms with E-state index in [0.717, 1.165) is 24.5 Å². The van der Waals surface area contributed by atoms with E-state index in [1.807, 2.05) is 13.0 Å². The lowest BCUT2D eigenvalue weighted by atomic mass is 10.1. The number of hydrogen-bond acceptors (Lipinski definition) is 2. The van der Waals surface area contributed by atoms with Crippen molar-refractivity contribution in [2.45, 2.75) is 26.9 Å². The Balaban J connectivity index is 1.90. The van der Waals surface area contributed by atoms with Crippen LogP contribution in [0.5, 0.6) is 0 Å². The molecule has 2 aromatic rings. The second-order valence-corrected chi connectivity index (χ2v) is 4.29. The Bertz CT molecular complexity index is 478. The summed E-state index contributed by atoms with van der Waals surface area (Å²) in [5, 5.41) is 3.44. The van der Waals surface area contributed by atoms with Gasteiger partial charge >= 0.3 is 0 Å². The first-order valence-electron chi connectivity index (χ1n) is 5.93. The Labute approximate surface area is 103 Å². The molecule has 1 N–H and O–H groups in total. The van der Waals surface area contributed by atoms with Gasteiger partial charge in [-0.3, -0.25) is 4.98 Å². The molecule has 0 aliphatic heterocycles. The molecule has 0 radical (unpaired) electrons. The minimum Gasteiger partial charge on any atom is -0.309 e. The number of rotatable bonds is 4. The van der Waals surface area contributed by atoms with Gasteiger partial charge in [0, 0.05) is 24.5 Å². The molecule has 0 saturated carbocycles. The Hall–Kier alpha value is -1.67. The molecule has 2 heteroatoms. The number of aryl methyl sites for hydroxylation is 2. The third kappa shape index (κ3) is 3.40. The normalized spacial score (nSPS) is 10.5. The summed E-state index contributed by atoms with van der Waals surface area (Å²) >= 11 is 0. The summed E-state index contributed by atoms with van der Waals surface area (Å²) in [6.07, 6.45) is 0. The monoisotopic (exact) mass is 226 g/mol. The van der Waals surface area contributed by atoms with Gasteiger partial charge in [-0.1, -0.05) is 36.4 Å². The van der Waals surface area contributed by atoms with Crippen LogP contribution in [0, 0.1) is 13.8 Å². The van der Waals surface area contributed by atoms with Gasteiger partial charge in [0.15, 0.2) is 0 Å². The van der Waals surface area contributed by atoms with Crippen molar-refractivity contribution in [3.05, 3.63) is 65.0 Å². The minimum absolute atomic E-state index is 0.869. The molecule has 88 valence electrons. The average Bonchev–Trinajstić information content (AvgIpc) is 2.33. The molecule has 0 atom stereocenters. The van der Waals surface area contributed by atoms with E-state index >= 15 is 0 Å².